The van der Waals surface area contributed by atoms with Gasteiger partial charge >= 0.3 is 0 Å². The molecule has 0 saturated carbocycles. The third-order valence-corrected chi connectivity index (χ3v) is 2.89. The average molecular weight is 242 g/mol. The number of nitrogens with two attached hydrogens (primary N) is 1. The van der Waals surface area contributed by atoms with Crippen LogP contribution in [0, 0.1) is 0 Å². The first-order valence-electron chi connectivity index (χ1n) is 6.18. The molecule has 0 amide bonds. The molecule has 0 aromatic heterocycles. The molecular formula is C16H22N2. The molecule has 18 heavy (non-hydrogen) atoms. The van der Waals surface area contributed by atoms with Crippen molar-refractivity contribution >= 4 is 23.5 Å². The van der Waals surface area contributed by atoms with Gasteiger partial charge in [-0.15, -0.1) is 0 Å². The zero-order valence-electron chi connectivity index (χ0n) is 11.6. The van der Waals surface area contributed by atoms with Crippen molar-refractivity contribution in [3.05, 3.63) is 47.1 Å². The lowest BCUT2D eigenvalue weighted by atomic mass is 10.0. The van der Waals surface area contributed by atoms with Crippen LogP contribution in [0.25, 0.3) is 12.2 Å². The Kier molecular flexibility index (Phi) is 5.25. The van der Waals surface area contributed by atoms with E-state index < -0.39 is 0 Å². The summed E-state index contributed by atoms with van der Waals surface area (Å²) in [7, 11) is 1.89. The van der Waals surface area contributed by atoms with Crippen LogP contribution < -0.4 is 11.1 Å². The summed E-state index contributed by atoms with van der Waals surface area (Å²) < 4.78 is 0. The van der Waals surface area contributed by atoms with E-state index in [2.05, 4.69) is 30.5 Å². The lowest BCUT2D eigenvalue weighted by Crippen LogP contribution is -2.00. The van der Waals surface area contributed by atoms with E-state index in [0.29, 0.717) is 0 Å². The van der Waals surface area contributed by atoms with Gasteiger partial charge in [-0.05, 0) is 31.9 Å². The van der Waals surface area contributed by atoms with Gasteiger partial charge in [-0.25, -0.2) is 0 Å². The molecule has 96 valence electrons. The Labute approximate surface area is 110 Å². The van der Waals surface area contributed by atoms with Crippen LogP contribution in [0.3, 0.4) is 0 Å². The summed E-state index contributed by atoms with van der Waals surface area (Å²) >= 11 is 0. The molecule has 1 aromatic carbocycles. The molecule has 0 unspecified atom stereocenters. The topological polar surface area (TPSA) is 38.0 Å². The smallest absolute Gasteiger partial charge is 0.0650 e. The molecule has 0 aliphatic carbocycles. The summed E-state index contributed by atoms with van der Waals surface area (Å²) in [5.41, 5.74) is 11.3. The van der Waals surface area contributed by atoms with Gasteiger partial charge in [-0.1, -0.05) is 48.1 Å². The zero-order chi connectivity index (χ0) is 13.5. The Bertz CT molecular complexity index is 494. The number of anilines is 2. The summed E-state index contributed by atoms with van der Waals surface area (Å²) in [5, 5.41) is 3.17. The predicted molar refractivity (Wildman–Crippen MR) is 83.6 cm³/mol. The van der Waals surface area contributed by atoms with E-state index in [1.54, 1.807) is 0 Å². The maximum Gasteiger partial charge on any atom is 0.0650 e. The molecule has 1 rings (SSSR count). The van der Waals surface area contributed by atoms with Crippen LogP contribution in [0.4, 0.5) is 11.4 Å². The van der Waals surface area contributed by atoms with Crippen molar-refractivity contribution in [2.75, 3.05) is 18.1 Å². The number of nitrogens with one attached hydrogen (secondary N) is 1. The molecule has 0 radical (unpaired) electrons. The van der Waals surface area contributed by atoms with Gasteiger partial charge in [-0.3, -0.25) is 0 Å². The molecule has 0 heterocycles. The first-order chi connectivity index (χ1) is 8.63. The van der Waals surface area contributed by atoms with Crippen molar-refractivity contribution in [2.24, 2.45) is 0 Å². The van der Waals surface area contributed by atoms with E-state index >= 15 is 0 Å². The fraction of sp³-hybridized carbons (Fsp3) is 0.250. The van der Waals surface area contributed by atoms with Gasteiger partial charge in [0, 0.05) is 7.05 Å². The second-order valence-electron chi connectivity index (χ2n) is 4.15. The lowest BCUT2D eigenvalue weighted by molar-refractivity contribution is 1.47. The Morgan fingerprint density at radius 3 is 2.39 bits per heavy atom. The minimum Gasteiger partial charge on any atom is -0.397 e. The molecule has 0 bridgehead atoms. The van der Waals surface area contributed by atoms with Gasteiger partial charge in [0.15, 0.2) is 0 Å². The van der Waals surface area contributed by atoms with Crippen LogP contribution in [0.5, 0.6) is 0 Å². The number of nitrogen functional groups attached to an aromatic ring is 1. The number of hydrogen-bond donors (Lipinski definition) is 2. The molecule has 0 saturated heterocycles. The summed E-state index contributed by atoms with van der Waals surface area (Å²) in [6.45, 7) is 6.09. The number of benzene rings is 1. The van der Waals surface area contributed by atoms with Gasteiger partial charge in [0.2, 0.25) is 0 Å². The number of hydrogen-bond acceptors (Lipinski definition) is 2. The second kappa shape index (κ2) is 6.70. The largest absolute Gasteiger partial charge is 0.397 e. The van der Waals surface area contributed by atoms with E-state index in [4.69, 9.17) is 5.73 Å². The second-order valence-corrected chi connectivity index (χ2v) is 4.15. The predicted octanol–water partition coefficient (Wildman–Crippen LogP) is 4.32. The summed E-state index contributed by atoms with van der Waals surface area (Å²) in [6, 6.07) is 4.12. The molecule has 0 spiro atoms. The molecular weight excluding hydrogens is 220 g/mol. The molecule has 0 aliphatic rings. The highest BCUT2D eigenvalue weighted by atomic mass is 14.9. The van der Waals surface area contributed by atoms with Crippen LogP contribution in [-0.4, -0.2) is 7.05 Å². The molecule has 3 N–H and O–H groups in total. The molecule has 2 nitrogen and oxygen atoms in total. The van der Waals surface area contributed by atoms with Crippen molar-refractivity contribution < 1.29 is 0 Å². The SMILES string of the molecule is CC=C(C)/C=C\c1ccc(/C=C\C)c(NC)c1N. The normalized spacial score (nSPS) is 12.6. The van der Waals surface area contributed by atoms with Crippen molar-refractivity contribution in [3.63, 3.8) is 0 Å². The van der Waals surface area contributed by atoms with Gasteiger partial charge in [-0.2, -0.15) is 0 Å². The van der Waals surface area contributed by atoms with Crippen molar-refractivity contribution in [1.82, 2.24) is 0 Å². The highest BCUT2D eigenvalue weighted by molar-refractivity contribution is 5.84. The van der Waals surface area contributed by atoms with E-state index in [-0.39, 0.29) is 0 Å². The van der Waals surface area contributed by atoms with Crippen LogP contribution in [0.1, 0.15) is 31.9 Å². The van der Waals surface area contributed by atoms with Crippen molar-refractivity contribution in [1.29, 1.82) is 0 Å². The Morgan fingerprint density at radius 1 is 1.17 bits per heavy atom. The summed E-state index contributed by atoms with van der Waals surface area (Å²) in [5.74, 6) is 0. The Hall–Kier alpha value is -1.96. The fourth-order valence-electron chi connectivity index (χ4n) is 1.71. The third kappa shape index (κ3) is 3.27. The van der Waals surface area contributed by atoms with Crippen LogP contribution in [0.2, 0.25) is 0 Å². The van der Waals surface area contributed by atoms with E-state index in [9.17, 15) is 0 Å². The summed E-state index contributed by atoms with van der Waals surface area (Å²) in [6.07, 6.45) is 10.2. The molecule has 1 aromatic rings. The van der Waals surface area contributed by atoms with Gasteiger partial charge in [0.05, 0.1) is 11.4 Å². The maximum absolute atomic E-state index is 6.19. The molecule has 2 heteroatoms. The monoisotopic (exact) mass is 242 g/mol. The highest BCUT2D eigenvalue weighted by Crippen LogP contribution is 2.29. The average Bonchev–Trinajstić information content (AvgIpc) is 2.38. The van der Waals surface area contributed by atoms with Gasteiger partial charge in [0.25, 0.3) is 0 Å². The zero-order valence-corrected chi connectivity index (χ0v) is 11.6. The summed E-state index contributed by atoms with van der Waals surface area (Å²) in [4.78, 5) is 0. The van der Waals surface area contributed by atoms with Crippen LogP contribution in [0.15, 0.2) is 35.9 Å². The van der Waals surface area contributed by atoms with Crippen LogP contribution >= 0.6 is 0 Å². The first kappa shape index (κ1) is 14.1. The molecule has 0 fully saturated rings. The minimum atomic E-state index is 0.785. The van der Waals surface area contributed by atoms with E-state index in [0.717, 1.165) is 22.5 Å². The quantitative estimate of drug-likeness (QED) is 0.609. The van der Waals surface area contributed by atoms with Crippen molar-refractivity contribution in [2.45, 2.75) is 20.8 Å². The standard InChI is InChI=1S/C16H22N2/c1-5-7-14-11-10-13(9-8-12(3)6-2)15(17)16(14)18-4/h5-11,18H,17H2,1-4H3/b7-5-,9-8-,12-6?. The fourth-order valence-corrected chi connectivity index (χ4v) is 1.71. The number of rotatable bonds is 4. The van der Waals surface area contributed by atoms with Crippen LogP contribution in [-0.2, 0) is 0 Å². The van der Waals surface area contributed by atoms with E-state index in [1.807, 2.05) is 45.2 Å². The lowest BCUT2D eigenvalue weighted by Gasteiger charge is -2.12. The van der Waals surface area contributed by atoms with Gasteiger partial charge in [0.1, 0.15) is 0 Å². The minimum absolute atomic E-state index is 0.785. The van der Waals surface area contributed by atoms with Crippen molar-refractivity contribution in [3.8, 4) is 0 Å². The third-order valence-electron chi connectivity index (χ3n) is 2.89. The number of allylic oxidation sites excluding steroid dienone is 4. The highest BCUT2D eigenvalue weighted by Gasteiger charge is 2.05. The van der Waals surface area contributed by atoms with E-state index in [1.165, 1.54) is 5.57 Å². The first-order valence-corrected chi connectivity index (χ1v) is 6.18. The van der Waals surface area contributed by atoms with Gasteiger partial charge < -0.3 is 11.1 Å². The Morgan fingerprint density at radius 2 is 1.83 bits per heavy atom. The maximum atomic E-state index is 6.19. The molecule has 0 aliphatic heterocycles. The molecule has 0 atom stereocenters. The Balaban J connectivity index is 3.21.